The molecule has 92 valence electrons. The molecule has 0 bridgehead atoms. The van der Waals surface area contributed by atoms with Gasteiger partial charge in [-0.3, -0.25) is 4.84 Å². The third-order valence-electron chi connectivity index (χ3n) is 1.84. The maximum atomic E-state index is 10.9. The van der Waals surface area contributed by atoms with E-state index in [4.69, 9.17) is 4.74 Å². The van der Waals surface area contributed by atoms with E-state index in [-0.39, 0.29) is 6.10 Å². The van der Waals surface area contributed by atoms with E-state index in [0.29, 0.717) is 23.2 Å². The molecule has 0 aliphatic carbocycles. The summed E-state index contributed by atoms with van der Waals surface area (Å²) in [6, 6.07) is 0. The van der Waals surface area contributed by atoms with Crippen LogP contribution in [-0.4, -0.2) is 46.8 Å². The summed E-state index contributed by atoms with van der Waals surface area (Å²) in [6.45, 7) is 0. The van der Waals surface area contributed by atoms with Crippen LogP contribution in [0.4, 0.5) is 4.79 Å². The van der Waals surface area contributed by atoms with Gasteiger partial charge in [0, 0.05) is 13.5 Å². The zero-order valence-electron chi connectivity index (χ0n) is 9.10. The maximum absolute atomic E-state index is 10.9. The Morgan fingerprint density at radius 1 is 1.88 bits per heavy atom. The Labute approximate surface area is 101 Å². The van der Waals surface area contributed by atoms with Gasteiger partial charge < -0.3 is 14.6 Å². The molecule has 6 nitrogen and oxygen atoms in total. The Bertz CT molecular complexity index is 273. The Hall–Kier alpha value is -0.440. The van der Waals surface area contributed by atoms with Gasteiger partial charge in [0.2, 0.25) is 0 Å². The molecule has 1 fully saturated rings. The molecule has 0 radical (unpaired) electrons. The Balaban J connectivity index is 2.42. The number of oxime groups is 1. The lowest BCUT2D eigenvalue weighted by Gasteiger charge is -2.09. The zero-order valence-corrected chi connectivity index (χ0v) is 10.7. The van der Waals surface area contributed by atoms with Gasteiger partial charge in [-0.2, -0.15) is 0 Å². The summed E-state index contributed by atoms with van der Waals surface area (Å²) in [7, 11) is 1.46. The van der Waals surface area contributed by atoms with Crippen molar-refractivity contribution in [2.45, 2.75) is 12.5 Å². The summed E-state index contributed by atoms with van der Waals surface area (Å²) in [5.74, 6) is 1.03. The van der Waals surface area contributed by atoms with Crippen LogP contribution >= 0.6 is 11.8 Å². The number of carbonyl (C=O) groups excluding carboxylic acids is 1. The summed E-state index contributed by atoms with van der Waals surface area (Å²) in [4.78, 5) is 15.4. The standard InChI is InChI=1S/C8H14N2O4S2/c1-9-8(11)14-10-7-6(13-5-15-7)3-4-16(2)12/h6H,3-5H2,1-2H3,(H,9,11). The molecule has 1 rings (SSSR count). The molecular weight excluding hydrogens is 252 g/mol. The van der Waals surface area contributed by atoms with Crippen LogP contribution in [0.25, 0.3) is 0 Å². The van der Waals surface area contributed by atoms with Crippen molar-refractivity contribution in [1.82, 2.24) is 5.32 Å². The van der Waals surface area contributed by atoms with E-state index in [2.05, 4.69) is 15.3 Å². The summed E-state index contributed by atoms with van der Waals surface area (Å²) in [5.41, 5.74) is 0. The first-order chi connectivity index (χ1) is 7.63. The highest BCUT2D eigenvalue weighted by Gasteiger charge is 2.26. The molecule has 1 amide bonds. The van der Waals surface area contributed by atoms with Crippen molar-refractivity contribution >= 4 is 34.1 Å². The normalized spacial score (nSPS) is 24.4. The molecular formula is C8H14N2O4S2. The molecule has 0 aromatic heterocycles. The minimum Gasteiger partial charge on any atom is -0.617 e. The average molecular weight is 266 g/mol. The topological polar surface area (TPSA) is 83.0 Å². The van der Waals surface area contributed by atoms with Gasteiger partial charge in [0.1, 0.15) is 16.9 Å². The van der Waals surface area contributed by atoms with Crippen LogP contribution < -0.4 is 5.32 Å². The maximum Gasteiger partial charge on any atom is 0.433 e. The summed E-state index contributed by atoms with van der Waals surface area (Å²) >= 11 is 0.523. The van der Waals surface area contributed by atoms with Gasteiger partial charge in [0.25, 0.3) is 0 Å². The van der Waals surface area contributed by atoms with Crippen molar-refractivity contribution < 1.29 is 18.9 Å². The van der Waals surface area contributed by atoms with Gasteiger partial charge in [0.05, 0.1) is 12.2 Å². The van der Waals surface area contributed by atoms with Crippen LogP contribution in [0, 0.1) is 0 Å². The number of thioether (sulfide) groups is 1. The zero-order chi connectivity index (χ0) is 12.0. The third kappa shape index (κ3) is 4.60. The summed E-state index contributed by atoms with van der Waals surface area (Å²) < 4.78 is 16.3. The largest absolute Gasteiger partial charge is 0.617 e. The predicted octanol–water partition coefficient (Wildman–Crippen LogP) is 0.514. The molecule has 1 aliphatic rings. The van der Waals surface area contributed by atoms with Crippen LogP contribution in [0.3, 0.4) is 0 Å². The number of nitrogens with zero attached hydrogens (tertiary/aromatic N) is 1. The second-order valence-electron chi connectivity index (χ2n) is 3.04. The lowest BCUT2D eigenvalue weighted by atomic mass is 10.3. The van der Waals surface area contributed by atoms with Crippen molar-refractivity contribution in [3.05, 3.63) is 0 Å². The van der Waals surface area contributed by atoms with Gasteiger partial charge >= 0.3 is 6.09 Å². The van der Waals surface area contributed by atoms with Crippen molar-refractivity contribution in [2.75, 3.05) is 25.0 Å². The quantitative estimate of drug-likeness (QED) is 0.455. The first-order valence-corrected chi connectivity index (χ1v) is 7.35. The van der Waals surface area contributed by atoms with E-state index < -0.39 is 17.3 Å². The molecule has 16 heavy (non-hydrogen) atoms. The summed E-state index contributed by atoms with van der Waals surface area (Å²) in [5, 5.41) is 6.60. The highest BCUT2D eigenvalue weighted by molar-refractivity contribution is 8.14. The van der Waals surface area contributed by atoms with E-state index >= 15 is 0 Å². The fourth-order valence-corrected chi connectivity index (χ4v) is 2.40. The molecule has 1 N–H and O–H groups in total. The second-order valence-corrected chi connectivity index (χ2v) is 5.54. The number of hydrogen-bond acceptors (Lipinski definition) is 6. The smallest absolute Gasteiger partial charge is 0.433 e. The Kier molecular flexibility index (Phi) is 5.96. The number of amides is 1. The minimum absolute atomic E-state index is 0.210. The van der Waals surface area contributed by atoms with Gasteiger partial charge in [-0.15, -0.1) is 0 Å². The molecule has 0 spiro atoms. The predicted molar refractivity (Wildman–Crippen MR) is 63.9 cm³/mol. The molecule has 1 aliphatic heterocycles. The first-order valence-electron chi connectivity index (χ1n) is 4.64. The average Bonchev–Trinajstić information content (AvgIpc) is 2.70. The number of nitrogens with one attached hydrogen (secondary N) is 1. The van der Waals surface area contributed by atoms with E-state index in [9.17, 15) is 9.35 Å². The Morgan fingerprint density at radius 3 is 3.25 bits per heavy atom. The molecule has 0 saturated carbocycles. The highest BCUT2D eigenvalue weighted by atomic mass is 32.2. The van der Waals surface area contributed by atoms with Gasteiger partial charge in [-0.05, 0) is 0 Å². The van der Waals surface area contributed by atoms with Gasteiger partial charge in [-0.1, -0.05) is 28.1 Å². The molecule has 1 saturated heterocycles. The van der Waals surface area contributed by atoms with Crippen LogP contribution in [0.1, 0.15) is 6.42 Å². The molecule has 2 atom stereocenters. The SMILES string of the molecule is CNC(=O)ON=C1SCOC1CC[S+](C)[O-]. The molecule has 8 heteroatoms. The van der Waals surface area contributed by atoms with Crippen LogP contribution in [0.15, 0.2) is 5.16 Å². The van der Waals surface area contributed by atoms with Crippen molar-refractivity contribution in [3.63, 3.8) is 0 Å². The second kappa shape index (κ2) is 7.00. The molecule has 0 aromatic carbocycles. The monoisotopic (exact) mass is 266 g/mol. The van der Waals surface area contributed by atoms with Crippen LogP contribution in [0.5, 0.6) is 0 Å². The van der Waals surface area contributed by atoms with E-state index in [0.717, 1.165) is 0 Å². The third-order valence-corrected chi connectivity index (χ3v) is 3.54. The molecule has 0 aromatic rings. The summed E-state index contributed by atoms with van der Waals surface area (Å²) in [6.07, 6.45) is 1.43. The fourth-order valence-electron chi connectivity index (χ4n) is 1.04. The van der Waals surface area contributed by atoms with E-state index in [1.54, 1.807) is 6.26 Å². The van der Waals surface area contributed by atoms with Crippen molar-refractivity contribution in [1.29, 1.82) is 0 Å². The number of ether oxygens (including phenoxy) is 1. The van der Waals surface area contributed by atoms with E-state index in [1.165, 1.54) is 18.8 Å². The Morgan fingerprint density at radius 2 is 2.62 bits per heavy atom. The lowest BCUT2D eigenvalue weighted by Crippen LogP contribution is -2.21. The first kappa shape index (κ1) is 13.6. The van der Waals surface area contributed by atoms with Crippen molar-refractivity contribution in [2.24, 2.45) is 5.16 Å². The number of carbonyl (C=O) groups is 1. The van der Waals surface area contributed by atoms with Crippen LogP contribution in [0.2, 0.25) is 0 Å². The minimum atomic E-state index is -0.855. The fraction of sp³-hybridized carbons (Fsp3) is 0.750. The number of hydrogen-bond donors (Lipinski definition) is 1. The van der Waals surface area contributed by atoms with Crippen molar-refractivity contribution in [3.8, 4) is 0 Å². The van der Waals surface area contributed by atoms with E-state index in [1.807, 2.05) is 0 Å². The number of rotatable bonds is 4. The van der Waals surface area contributed by atoms with Gasteiger partial charge in [0.15, 0.2) is 0 Å². The molecule has 2 unspecified atom stereocenters. The molecule has 1 heterocycles. The van der Waals surface area contributed by atoms with Crippen LogP contribution in [-0.2, 0) is 20.8 Å². The lowest BCUT2D eigenvalue weighted by molar-refractivity contribution is 0.137. The highest BCUT2D eigenvalue weighted by Crippen LogP contribution is 2.23. The van der Waals surface area contributed by atoms with Gasteiger partial charge in [-0.25, -0.2) is 4.79 Å².